The van der Waals surface area contributed by atoms with E-state index < -0.39 is 5.60 Å². The molecule has 1 aromatic heterocycles. The normalized spacial score (nSPS) is 22.6. The Morgan fingerprint density at radius 1 is 1.50 bits per heavy atom. The number of hydrogen-bond acceptors (Lipinski definition) is 4. The summed E-state index contributed by atoms with van der Waals surface area (Å²) in [6.45, 7) is 8.48. The predicted octanol–water partition coefficient (Wildman–Crippen LogP) is 2.32. The highest BCUT2D eigenvalue weighted by Crippen LogP contribution is 2.23. The van der Waals surface area contributed by atoms with Gasteiger partial charge in [0.25, 0.3) is 0 Å². The Balaban J connectivity index is 2.03. The van der Waals surface area contributed by atoms with Crippen LogP contribution < -0.4 is 10.6 Å². The molecule has 0 unspecified atom stereocenters. The number of ether oxygens (including phenoxy) is 1. The van der Waals surface area contributed by atoms with Gasteiger partial charge in [0.05, 0.1) is 17.8 Å². The fraction of sp³-hybridized carbons (Fsp3) is 0.600. The zero-order valence-electron chi connectivity index (χ0n) is 12.6. The molecule has 1 aromatic rings. The molecular weight excluding hydrogens is 254 g/mol. The zero-order chi connectivity index (χ0) is 14.8. The van der Waals surface area contributed by atoms with Gasteiger partial charge in [-0.3, -0.25) is 4.98 Å². The molecule has 0 spiro atoms. The molecule has 0 aliphatic carbocycles. The number of aryl methyl sites for hydroxylation is 1. The number of pyridine rings is 1. The van der Waals surface area contributed by atoms with E-state index in [1.165, 1.54) is 5.56 Å². The van der Waals surface area contributed by atoms with Gasteiger partial charge in [-0.05, 0) is 58.4 Å². The Labute approximate surface area is 120 Å². The molecule has 1 aliphatic heterocycles. The SMILES string of the molecule is Cc1ccnc([C@@H]2NCC[C@H]2NC(=O)OC(C)(C)C)c1. The average Bonchev–Trinajstić information content (AvgIpc) is 2.74. The van der Waals surface area contributed by atoms with E-state index >= 15 is 0 Å². The number of carbonyl (C=O) groups excluding carboxylic acids is 1. The molecule has 1 aliphatic rings. The number of hydrogen-bond donors (Lipinski definition) is 2. The van der Waals surface area contributed by atoms with E-state index in [0.717, 1.165) is 18.7 Å². The van der Waals surface area contributed by atoms with Crippen molar-refractivity contribution >= 4 is 6.09 Å². The molecular formula is C15H23N3O2. The highest BCUT2D eigenvalue weighted by Gasteiger charge is 2.31. The van der Waals surface area contributed by atoms with Crippen molar-refractivity contribution in [1.29, 1.82) is 0 Å². The fourth-order valence-electron chi connectivity index (χ4n) is 2.36. The summed E-state index contributed by atoms with van der Waals surface area (Å²) in [5.41, 5.74) is 1.65. The molecule has 0 bridgehead atoms. The molecule has 1 fully saturated rings. The summed E-state index contributed by atoms with van der Waals surface area (Å²) in [6.07, 6.45) is 2.30. The minimum atomic E-state index is -0.479. The van der Waals surface area contributed by atoms with Gasteiger partial charge >= 0.3 is 6.09 Å². The molecule has 2 atom stereocenters. The molecule has 2 N–H and O–H groups in total. The lowest BCUT2D eigenvalue weighted by atomic mass is 10.0. The van der Waals surface area contributed by atoms with Crippen LogP contribution in [0.4, 0.5) is 4.79 Å². The molecule has 0 saturated carbocycles. The van der Waals surface area contributed by atoms with Crippen molar-refractivity contribution in [2.75, 3.05) is 6.54 Å². The first-order valence-electron chi connectivity index (χ1n) is 7.00. The molecule has 20 heavy (non-hydrogen) atoms. The number of alkyl carbamates (subject to hydrolysis) is 1. The van der Waals surface area contributed by atoms with Crippen molar-refractivity contribution in [2.24, 2.45) is 0 Å². The van der Waals surface area contributed by atoms with Crippen molar-refractivity contribution in [3.05, 3.63) is 29.6 Å². The van der Waals surface area contributed by atoms with Crippen LogP contribution in [-0.4, -0.2) is 29.3 Å². The third-order valence-electron chi connectivity index (χ3n) is 3.18. The van der Waals surface area contributed by atoms with E-state index in [2.05, 4.69) is 15.6 Å². The summed E-state index contributed by atoms with van der Waals surface area (Å²) in [5, 5.41) is 6.33. The first-order valence-corrected chi connectivity index (χ1v) is 7.00. The van der Waals surface area contributed by atoms with Gasteiger partial charge in [0.2, 0.25) is 0 Å². The van der Waals surface area contributed by atoms with Crippen LogP contribution >= 0.6 is 0 Å². The Morgan fingerprint density at radius 3 is 2.90 bits per heavy atom. The van der Waals surface area contributed by atoms with E-state index in [1.54, 1.807) is 6.20 Å². The molecule has 0 radical (unpaired) electrons. The minimum absolute atomic E-state index is 0.0131. The van der Waals surface area contributed by atoms with Crippen LogP contribution in [0.15, 0.2) is 18.3 Å². The number of nitrogens with one attached hydrogen (secondary N) is 2. The second-order valence-electron chi connectivity index (χ2n) is 6.23. The number of aromatic nitrogens is 1. The Morgan fingerprint density at radius 2 is 2.25 bits per heavy atom. The Kier molecular flexibility index (Phi) is 4.28. The monoisotopic (exact) mass is 277 g/mol. The van der Waals surface area contributed by atoms with Gasteiger partial charge in [-0.1, -0.05) is 0 Å². The van der Waals surface area contributed by atoms with Gasteiger partial charge in [-0.25, -0.2) is 4.79 Å². The number of rotatable bonds is 2. The summed E-state index contributed by atoms with van der Waals surface area (Å²) in [7, 11) is 0. The molecule has 5 heteroatoms. The molecule has 2 heterocycles. The predicted molar refractivity (Wildman–Crippen MR) is 77.5 cm³/mol. The first-order chi connectivity index (χ1) is 9.35. The summed E-state index contributed by atoms with van der Waals surface area (Å²) >= 11 is 0. The lowest BCUT2D eigenvalue weighted by Gasteiger charge is -2.24. The smallest absolute Gasteiger partial charge is 0.407 e. The maximum Gasteiger partial charge on any atom is 0.407 e. The van der Waals surface area contributed by atoms with Crippen molar-refractivity contribution in [3.8, 4) is 0 Å². The van der Waals surface area contributed by atoms with E-state index in [0.29, 0.717) is 0 Å². The van der Waals surface area contributed by atoms with E-state index in [1.807, 2.05) is 39.8 Å². The Bertz CT molecular complexity index is 482. The van der Waals surface area contributed by atoms with Crippen LogP contribution in [-0.2, 0) is 4.74 Å². The van der Waals surface area contributed by atoms with E-state index in [4.69, 9.17) is 4.74 Å². The van der Waals surface area contributed by atoms with Crippen LogP contribution in [0.2, 0.25) is 0 Å². The molecule has 110 valence electrons. The van der Waals surface area contributed by atoms with Crippen LogP contribution in [0.5, 0.6) is 0 Å². The van der Waals surface area contributed by atoms with Crippen molar-refractivity contribution in [2.45, 2.75) is 51.8 Å². The van der Waals surface area contributed by atoms with Crippen molar-refractivity contribution in [3.63, 3.8) is 0 Å². The maximum absolute atomic E-state index is 11.9. The minimum Gasteiger partial charge on any atom is -0.444 e. The quantitative estimate of drug-likeness (QED) is 0.871. The van der Waals surface area contributed by atoms with Crippen molar-refractivity contribution < 1.29 is 9.53 Å². The third kappa shape index (κ3) is 3.93. The zero-order valence-corrected chi connectivity index (χ0v) is 12.6. The molecule has 5 nitrogen and oxygen atoms in total. The van der Waals surface area contributed by atoms with Gasteiger partial charge in [0.1, 0.15) is 5.60 Å². The highest BCUT2D eigenvalue weighted by atomic mass is 16.6. The van der Waals surface area contributed by atoms with Gasteiger partial charge in [0, 0.05) is 6.20 Å². The molecule has 1 saturated heterocycles. The summed E-state index contributed by atoms with van der Waals surface area (Å²) in [6, 6.07) is 4.07. The maximum atomic E-state index is 11.9. The lowest BCUT2D eigenvalue weighted by molar-refractivity contribution is 0.0500. The standard InChI is InChI=1S/C15H23N3O2/c1-10-5-7-16-12(9-10)13-11(6-8-17-13)18-14(19)20-15(2,3)4/h5,7,9,11,13,17H,6,8H2,1-4H3,(H,18,19)/t11-,13-/m1/s1. The van der Waals surface area contributed by atoms with Gasteiger partial charge < -0.3 is 15.4 Å². The molecule has 0 aromatic carbocycles. The summed E-state index contributed by atoms with van der Waals surface area (Å²) < 4.78 is 5.31. The third-order valence-corrected chi connectivity index (χ3v) is 3.18. The highest BCUT2D eigenvalue weighted by molar-refractivity contribution is 5.68. The number of amides is 1. The van der Waals surface area contributed by atoms with E-state index in [-0.39, 0.29) is 18.2 Å². The second kappa shape index (κ2) is 5.79. The number of carbonyl (C=O) groups is 1. The molecule has 1 amide bonds. The summed E-state index contributed by atoms with van der Waals surface area (Å²) in [4.78, 5) is 16.3. The fourth-order valence-corrected chi connectivity index (χ4v) is 2.36. The van der Waals surface area contributed by atoms with E-state index in [9.17, 15) is 4.79 Å². The Hall–Kier alpha value is -1.62. The topological polar surface area (TPSA) is 63.2 Å². The van der Waals surface area contributed by atoms with Gasteiger partial charge in [0.15, 0.2) is 0 Å². The van der Waals surface area contributed by atoms with Crippen LogP contribution in [0.25, 0.3) is 0 Å². The van der Waals surface area contributed by atoms with Gasteiger partial charge in [-0.2, -0.15) is 0 Å². The first kappa shape index (κ1) is 14.8. The second-order valence-corrected chi connectivity index (χ2v) is 6.23. The largest absolute Gasteiger partial charge is 0.444 e. The number of nitrogens with zero attached hydrogens (tertiary/aromatic N) is 1. The average molecular weight is 277 g/mol. The van der Waals surface area contributed by atoms with Crippen LogP contribution in [0.3, 0.4) is 0 Å². The van der Waals surface area contributed by atoms with Crippen LogP contribution in [0.1, 0.15) is 44.5 Å². The van der Waals surface area contributed by atoms with Crippen molar-refractivity contribution in [1.82, 2.24) is 15.6 Å². The summed E-state index contributed by atoms with van der Waals surface area (Å²) in [5.74, 6) is 0. The lowest BCUT2D eigenvalue weighted by Crippen LogP contribution is -2.41. The van der Waals surface area contributed by atoms with Gasteiger partial charge in [-0.15, -0.1) is 0 Å². The molecule has 2 rings (SSSR count). The van der Waals surface area contributed by atoms with Crippen LogP contribution in [0, 0.1) is 6.92 Å².